The van der Waals surface area contributed by atoms with Gasteiger partial charge in [0.1, 0.15) is 0 Å². The molecular formula is C15H14N4S. The Labute approximate surface area is 122 Å². The molecule has 4 nitrogen and oxygen atoms in total. The first kappa shape index (κ1) is 12.7. The zero-order valence-corrected chi connectivity index (χ0v) is 12.1. The van der Waals surface area contributed by atoms with Crippen LogP contribution in [-0.4, -0.2) is 19.7 Å². The second-order valence-corrected chi connectivity index (χ2v) is 5.05. The molecule has 0 atom stereocenters. The van der Waals surface area contributed by atoms with Crippen molar-refractivity contribution in [3.8, 4) is 17.1 Å². The molecule has 0 radical (unpaired) electrons. The third-order valence-corrected chi connectivity index (χ3v) is 3.55. The van der Waals surface area contributed by atoms with E-state index in [1.165, 1.54) is 0 Å². The first-order valence-electron chi connectivity index (χ1n) is 6.33. The molecule has 0 spiro atoms. The van der Waals surface area contributed by atoms with E-state index in [0.29, 0.717) is 4.77 Å². The highest BCUT2D eigenvalue weighted by Gasteiger charge is 2.13. The second kappa shape index (κ2) is 5.02. The maximum atomic E-state index is 5.40. The number of H-pyrrole nitrogens is 1. The van der Waals surface area contributed by atoms with Gasteiger partial charge < -0.3 is 0 Å². The summed E-state index contributed by atoms with van der Waals surface area (Å²) in [7, 11) is 0. The van der Waals surface area contributed by atoms with Crippen molar-refractivity contribution in [1.29, 1.82) is 0 Å². The lowest BCUT2D eigenvalue weighted by Crippen LogP contribution is -2.02. The molecule has 0 unspecified atom stereocenters. The normalized spacial score (nSPS) is 10.7. The summed E-state index contributed by atoms with van der Waals surface area (Å²) in [5.41, 5.74) is 4.39. The van der Waals surface area contributed by atoms with Gasteiger partial charge in [0.15, 0.2) is 10.6 Å². The molecule has 2 aromatic heterocycles. The van der Waals surface area contributed by atoms with E-state index >= 15 is 0 Å². The zero-order chi connectivity index (χ0) is 14.1. The molecule has 0 aliphatic carbocycles. The quantitative estimate of drug-likeness (QED) is 0.730. The van der Waals surface area contributed by atoms with Gasteiger partial charge in [-0.05, 0) is 49.3 Å². The first-order valence-corrected chi connectivity index (χ1v) is 6.73. The fourth-order valence-corrected chi connectivity index (χ4v) is 2.58. The van der Waals surface area contributed by atoms with E-state index in [1.54, 1.807) is 12.4 Å². The van der Waals surface area contributed by atoms with Gasteiger partial charge in [-0.3, -0.25) is 14.6 Å². The van der Waals surface area contributed by atoms with Crippen molar-refractivity contribution in [3.05, 3.63) is 58.6 Å². The molecule has 0 saturated heterocycles. The SMILES string of the molecule is Cc1cccc(C)c1-n1c(-c2ccncc2)n[nH]c1=S. The van der Waals surface area contributed by atoms with Crippen molar-refractivity contribution < 1.29 is 0 Å². The Morgan fingerprint density at radius 1 is 1.05 bits per heavy atom. The summed E-state index contributed by atoms with van der Waals surface area (Å²) in [5, 5.41) is 7.25. The van der Waals surface area contributed by atoms with E-state index in [2.05, 4.69) is 41.2 Å². The monoisotopic (exact) mass is 282 g/mol. The molecule has 0 bridgehead atoms. The number of pyridine rings is 1. The highest BCUT2D eigenvalue weighted by Crippen LogP contribution is 2.25. The van der Waals surface area contributed by atoms with E-state index in [1.807, 2.05) is 22.8 Å². The zero-order valence-electron chi connectivity index (χ0n) is 11.3. The smallest absolute Gasteiger partial charge is 0.200 e. The average molecular weight is 282 g/mol. The van der Waals surface area contributed by atoms with Gasteiger partial charge in [-0.25, -0.2) is 0 Å². The maximum Gasteiger partial charge on any atom is 0.200 e. The van der Waals surface area contributed by atoms with Crippen molar-refractivity contribution in [3.63, 3.8) is 0 Å². The molecule has 3 aromatic rings. The molecule has 1 N–H and O–H groups in total. The highest BCUT2D eigenvalue weighted by molar-refractivity contribution is 7.71. The summed E-state index contributed by atoms with van der Waals surface area (Å²) in [6.07, 6.45) is 3.50. The molecule has 0 aliphatic heterocycles. The highest BCUT2D eigenvalue weighted by atomic mass is 32.1. The fraction of sp³-hybridized carbons (Fsp3) is 0.133. The van der Waals surface area contributed by atoms with Crippen molar-refractivity contribution in [2.45, 2.75) is 13.8 Å². The summed E-state index contributed by atoms with van der Waals surface area (Å²) in [6.45, 7) is 4.15. The Morgan fingerprint density at radius 2 is 1.70 bits per heavy atom. The number of nitrogens with zero attached hydrogens (tertiary/aromatic N) is 3. The second-order valence-electron chi connectivity index (χ2n) is 4.66. The minimum absolute atomic E-state index is 0.592. The topological polar surface area (TPSA) is 46.5 Å². The van der Waals surface area contributed by atoms with E-state index in [0.717, 1.165) is 28.2 Å². The number of hydrogen-bond acceptors (Lipinski definition) is 3. The molecule has 100 valence electrons. The molecule has 0 fully saturated rings. The Balaban J connectivity index is 2.31. The summed E-state index contributed by atoms with van der Waals surface area (Å²) < 4.78 is 2.57. The average Bonchev–Trinajstić information content (AvgIpc) is 2.82. The van der Waals surface area contributed by atoms with E-state index in [4.69, 9.17) is 12.2 Å². The predicted octanol–water partition coefficient (Wildman–Crippen LogP) is 3.61. The van der Waals surface area contributed by atoms with Gasteiger partial charge in [0.25, 0.3) is 0 Å². The fourth-order valence-electron chi connectivity index (χ4n) is 2.36. The Bertz CT molecular complexity index is 782. The van der Waals surface area contributed by atoms with Crippen LogP contribution in [0.1, 0.15) is 11.1 Å². The minimum Gasteiger partial charge on any atom is -0.268 e. The standard InChI is InChI=1S/C15H14N4S/c1-10-4-3-5-11(2)13(10)19-14(17-18-15(19)20)12-6-8-16-9-7-12/h3-9H,1-2H3,(H,18,20). The minimum atomic E-state index is 0.592. The molecule has 5 heteroatoms. The number of hydrogen-bond donors (Lipinski definition) is 1. The lowest BCUT2D eigenvalue weighted by molar-refractivity contribution is 1.01. The molecule has 2 heterocycles. The van der Waals surface area contributed by atoms with Crippen LogP contribution >= 0.6 is 12.2 Å². The molecule has 0 amide bonds. The van der Waals surface area contributed by atoms with Crippen molar-refractivity contribution in [2.75, 3.05) is 0 Å². The largest absolute Gasteiger partial charge is 0.268 e. The van der Waals surface area contributed by atoms with Gasteiger partial charge >= 0.3 is 0 Å². The first-order chi connectivity index (χ1) is 9.68. The summed E-state index contributed by atoms with van der Waals surface area (Å²) >= 11 is 5.40. The van der Waals surface area contributed by atoms with Crippen LogP contribution in [0.15, 0.2) is 42.7 Å². The van der Waals surface area contributed by atoms with Crippen molar-refractivity contribution in [1.82, 2.24) is 19.7 Å². The number of nitrogens with one attached hydrogen (secondary N) is 1. The number of para-hydroxylation sites is 1. The maximum absolute atomic E-state index is 5.40. The molecule has 20 heavy (non-hydrogen) atoms. The number of rotatable bonds is 2. The van der Waals surface area contributed by atoms with E-state index in [9.17, 15) is 0 Å². The Morgan fingerprint density at radius 3 is 2.35 bits per heavy atom. The summed E-state index contributed by atoms with van der Waals surface area (Å²) in [4.78, 5) is 4.04. The van der Waals surface area contributed by atoms with Crippen molar-refractivity contribution >= 4 is 12.2 Å². The van der Waals surface area contributed by atoms with Crippen molar-refractivity contribution in [2.24, 2.45) is 0 Å². The Kier molecular flexibility index (Phi) is 3.20. The molecule has 1 aromatic carbocycles. The van der Waals surface area contributed by atoms with Gasteiger partial charge in [-0.1, -0.05) is 18.2 Å². The van der Waals surface area contributed by atoms with E-state index < -0.39 is 0 Å². The van der Waals surface area contributed by atoms with Crippen LogP contribution in [0.4, 0.5) is 0 Å². The van der Waals surface area contributed by atoms with Crippen LogP contribution in [0.5, 0.6) is 0 Å². The van der Waals surface area contributed by atoms with Crippen LogP contribution in [0.2, 0.25) is 0 Å². The van der Waals surface area contributed by atoms with Crippen LogP contribution in [0.25, 0.3) is 17.1 Å². The van der Waals surface area contributed by atoms with Crippen LogP contribution in [0.3, 0.4) is 0 Å². The van der Waals surface area contributed by atoms with E-state index in [-0.39, 0.29) is 0 Å². The van der Waals surface area contributed by atoms with Crippen LogP contribution in [0, 0.1) is 18.6 Å². The van der Waals surface area contributed by atoms with Crippen LogP contribution < -0.4 is 0 Å². The number of benzene rings is 1. The van der Waals surface area contributed by atoms with Crippen LogP contribution in [-0.2, 0) is 0 Å². The summed E-state index contributed by atoms with van der Waals surface area (Å²) in [6, 6.07) is 10.1. The molecular weight excluding hydrogens is 268 g/mol. The third-order valence-electron chi connectivity index (χ3n) is 3.27. The van der Waals surface area contributed by atoms with Gasteiger partial charge in [0.2, 0.25) is 0 Å². The van der Waals surface area contributed by atoms with Gasteiger partial charge in [0.05, 0.1) is 5.69 Å². The lowest BCUT2D eigenvalue weighted by Gasteiger charge is -2.12. The number of aromatic amines is 1. The number of aryl methyl sites for hydroxylation is 2. The third kappa shape index (κ3) is 2.06. The molecule has 0 saturated carbocycles. The predicted molar refractivity (Wildman–Crippen MR) is 81.5 cm³/mol. The molecule has 3 rings (SSSR count). The van der Waals surface area contributed by atoms with Gasteiger partial charge in [-0.15, -0.1) is 0 Å². The van der Waals surface area contributed by atoms with Gasteiger partial charge in [0, 0.05) is 18.0 Å². The Hall–Kier alpha value is -2.27. The van der Waals surface area contributed by atoms with Gasteiger partial charge in [-0.2, -0.15) is 5.10 Å². The summed E-state index contributed by atoms with van der Waals surface area (Å²) in [5.74, 6) is 0.801. The number of aromatic nitrogens is 4. The lowest BCUT2D eigenvalue weighted by atomic mass is 10.1. The molecule has 0 aliphatic rings.